The van der Waals surface area contributed by atoms with E-state index in [0.29, 0.717) is 18.3 Å². The van der Waals surface area contributed by atoms with Crippen LogP contribution in [0.15, 0.2) is 35.4 Å². The number of aromatic nitrogens is 6. The van der Waals surface area contributed by atoms with Gasteiger partial charge >= 0.3 is 0 Å². The molecule has 1 fully saturated rings. The Labute approximate surface area is 151 Å². The SMILES string of the molecule is Cc1cnc(N2CC(Cn3nc(-n4nc(C)cc4C)ccc3=O)C2)nc1. The summed E-state index contributed by atoms with van der Waals surface area (Å²) < 4.78 is 3.29. The highest BCUT2D eigenvalue weighted by Crippen LogP contribution is 2.21. The minimum atomic E-state index is -0.0969. The average molecular weight is 351 g/mol. The van der Waals surface area contributed by atoms with Crippen molar-refractivity contribution >= 4 is 5.95 Å². The molecule has 1 aliphatic heterocycles. The summed E-state index contributed by atoms with van der Waals surface area (Å²) in [6.45, 7) is 8.10. The topological polar surface area (TPSA) is 81.7 Å². The van der Waals surface area contributed by atoms with Gasteiger partial charge in [0.2, 0.25) is 5.95 Å². The number of rotatable bonds is 4. The molecule has 8 heteroatoms. The molecule has 0 unspecified atom stereocenters. The maximum Gasteiger partial charge on any atom is 0.266 e. The lowest BCUT2D eigenvalue weighted by Crippen LogP contribution is -2.50. The first-order valence-electron chi connectivity index (χ1n) is 8.65. The molecule has 26 heavy (non-hydrogen) atoms. The monoisotopic (exact) mass is 351 g/mol. The van der Waals surface area contributed by atoms with Crippen molar-refractivity contribution in [1.82, 2.24) is 29.5 Å². The van der Waals surface area contributed by atoms with Crippen molar-refractivity contribution in [1.29, 1.82) is 0 Å². The molecule has 0 aliphatic carbocycles. The largest absolute Gasteiger partial charge is 0.340 e. The van der Waals surface area contributed by atoms with Gasteiger partial charge < -0.3 is 4.90 Å². The third-order valence-corrected chi connectivity index (χ3v) is 4.52. The molecule has 0 amide bonds. The second kappa shape index (κ2) is 6.36. The van der Waals surface area contributed by atoms with E-state index in [9.17, 15) is 4.79 Å². The zero-order valence-corrected chi connectivity index (χ0v) is 15.1. The zero-order chi connectivity index (χ0) is 18.3. The number of nitrogens with zero attached hydrogens (tertiary/aromatic N) is 7. The molecule has 0 radical (unpaired) electrons. The minimum absolute atomic E-state index is 0.0969. The van der Waals surface area contributed by atoms with Crippen LogP contribution in [0.25, 0.3) is 5.82 Å². The van der Waals surface area contributed by atoms with Crippen LogP contribution in [0, 0.1) is 26.7 Å². The molecule has 0 bridgehead atoms. The van der Waals surface area contributed by atoms with Crippen LogP contribution in [-0.4, -0.2) is 42.6 Å². The van der Waals surface area contributed by atoms with Crippen LogP contribution in [0.5, 0.6) is 0 Å². The molecular formula is C18H21N7O. The number of anilines is 1. The van der Waals surface area contributed by atoms with E-state index in [1.165, 1.54) is 4.68 Å². The van der Waals surface area contributed by atoms with E-state index in [2.05, 4.69) is 25.1 Å². The molecule has 0 spiro atoms. The molecule has 8 nitrogen and oxygen atoms in total. The Bertz CT molecular complexity index is 984. The summed E-state index contributed by atoms with van der Waals surface area (Å²) >= 11 is 0. The fraction of sp³-hybridized carbons (Fsp3) is 0.389. The standard InChI is InChI=1S/C18H21N7O/c1-12-7-19-18(20-8-12)23-9-15(10-23)11-24-17(26)5-4-16(22-24)25-14(3)6-13(2)21-25/h4-8,15H,9-11H2,1-3H3. The maximum absolute atomic E-state index is 12.2. The van der Waals surface area contributed by atoms with Crippen molar-refractivity contribution < 1.29 is 0 Å². The van der Waals surface area contributed by atoms with Crippen molar-refractivity contribution in [2.24, 2.45) is 5.92 Å². The van der Waals surface area contributed by atoms with Crippen molar-refractivity contribution in [2.75, 3.05) is 18.0 Å². The molecular weight excluding hydrogens is 330 g/mol. The maximum atomic E-state index is 12.2. The van der Waals surface area contributed by atoms with Crippen LogP contribution in [0.3, 0.4) is 0 Å². The van der Waals surface area contributed by atoms with E-state index in [-0.39, 0.29) is 5.56 Å². The smallest absolute Gasteiger partial charge is 0.266 e. The van der Waals surface area contributed by atoms with Gasteiger partial charge in [-0.2, -0.15) is 5.10 Å². The van der Waals surface area contributed by atoms with Crippen LogP contribution in [-0.2, 0) is 6.54 Å². The predicted octanol–water partition coefficient (Wildman–Crippen LogP) is 1.28. The third kappa shape index (κ3) is 3.10. The van der Waals surface area contributed by atoms with Crippen LogP contribution in [0.4, 0.5) is 5.95 Å². The molecule has 0 atom stereocenters. The lowest BCUT2D eigenvalue weighted by atomic mass is 10.0. The van der Waals surface area contributed by atoms with Crippen molar-refractivity contribution in [3.63, 3.8) is 0 Å². The van der Waals surface area contributed by atoms with Gasteiger partial charge in [0.25, 0.3) is 5.56 Å². The first kappa shape index (κ1) is 16.4. The van der Waals surface area contributed by atoms with Crippen molar-refractivity contribution in [2.45, 2.75) is 27.3 Å². The van der Waals surface area contributed by atoms with Gasteiger partial charge in [-0.05, 0) is 38.5 Å². The van der Waals surface area contributed by atoms with E-state index in [1.807, 2.05) is 39.2 Å². The molecule has 0 aromatic carbocycles. The van der Waals surface area contributed by atoms with Gasteiger partial charge in [-0.1, -0.05) is 0 Å². The Hall–Kier alpha value is -3.03. The van der Waals surface area contributed by atoms with E-state index in [4.69, 9.17) is 0 Å². The molecule has 4 heterocycles. The van der Waals surface area contributed by atoms with Gasteiger partial charge in [0.15, 0.2) is 5.82 Å². The van der Waals surface area contributed by atoms with E-state index in [1.54, 1.807) is 16.8 Å². The number of hydrogen-bond acceptors (Lipinski definition) is 6. The van der Waals surface area contributed by atoms with Crippen LogP contribution in [0.1, 0.15) is 17.0 Å². The van der Waals surface area contributed by atoms with Gasteiger partial charge in [0.05, 0.1) is 12.2 Å². The summed E-state index contributed by atoms with van der Waals surface area (Å²) in [6.07, 6.45) is 3.64. The fourth-order valence-electron chi connectivity index (χ4n) is 3.19. The molecule has 4 rings (SSSR count). The first-order valence-corrected chi connectivity index (χ1v) is 8.65. The Kier molecular flexibility index (Phi) is 4.02. The number of aryl methyl sites for hydroxylation is 3. The fourth-order valence-corrected chi connectivity index (χ4v) is 3.19. The zero-order valence-electron chi connectivity index (χ0n) is 15.1. The second-order valence-electron chi connectivity index (χ2n) is 6.88. The van der Waals surface area contributed by atoms with E-state index >= 15 is 0 Å². The van der Waals surface area contributed by atoms with Gasteiger partial charge in [-0.25, -0.2) is 19.3 Å². The van der Waals surface area contributed by atoms with Crippen molar-refractivity contribution in [3.05, 3.63) is 57.9 Å². The third-order valence-electron chi connectivity index (χ3n) is 4.52. The van der Waals surface area contributed by atoms with Crippen molar-refractivity contribution in [3.8, 4) is 5.82 Å². The Morgan fingerprint density at radius 1 is 1.08 bits per heavy atom. The van der Waals surface area contributed by atoms with Gasteiger partial charge in [0, 0.05) is 43.2 Å². The van der Waals surface area contributed by atoms with Gasteiger partial charge in [0.1, 0.15) is 0 Å². The Morgan fingerprint density at radius 2 is 1.81 bits per heavy atom. The minimum Gasteiger partial charge on any atom is -0.340 e. The highest BCUT2D eigenvalue weighted by Gasteiger charge is 2.29. The molecule has 3 aromatic heterocycles. The van der Waals surface area contributed by atoms with Crippen LogP contribution >= 0.6 is 0 Å². The average Bonchev–Trinajstić information content (AvgIpc) is 2.92. The summed E-state index contributed by atoms with van der Waals surface area (Å²) in [4.78, 5) is 23.0. The Balaban J connectivity index is 1.47. The molecule has 3 aromatic rings. The summed E-state index contributed by atoms with van der Waals surface area (Å²) in [7, 11) is 0. The molecule has 1 saturated heterocycles. The molecule has 0 N–H and O–H groups in total. The van der Waals surface area contributed by atoms with Crippen LogP contribution < -0.4 is 10.5 Å². The van der Waals surface area contributed by atoms with Gasteiger partial charge in [-0.15, -0.1) is 5.10 Å². The van der Waals surface area contributed by atoms with E-state index < -0.39 is 0 Å². The normalized spacial score (nSPS) is 14.5. The predicted molar refractivity (Wildman–Crippen MR) is 97.6 cm³/mol. The first-order chi connectivity index (χ1) is 12.5. The lowest BCUT2D eigenvalue weighted by Gasteiger charge is -2.39. The quantitative estimate of drug-likeness (QED) is 0.704. The summed E-state index contributed by atoms with van der Waals surface area (Å²) in [5, 5.41) is 8.94. The lowest BCUT2D eigenvalue weighted by molar-refractivity contribution is 0.330. The highest BCUT2D eigenvalue weighted by atomic mass is 16.1. The molecule has 1 aliphatic rings. The summed E-state index contributed by atoms with van der Waals surface area (Å²) in [5.41, 5.74) is 2.86. The number of hydrogen-bond donors (Lipinski definition) is 0. The van der Waals surface area contributed by atoms with Gasteiger partial charge in [-0.3, -0.25) is 4.79 Å². The summed E-state index contributed by atoms with van der Waals surface area (Å²) in [5.74, 6) is 1.75. The second-order valence-corrected chi connectivity index (χ2v) is 6.88. The molecule has 0 saturated carbocycles. The molecule has 134 valence electrons. The van der Waals surface area contributed by atoms with E-state index in [0.717, 1.165) is 36.0 Å². The van der Waals surface area contributed by atoms with Crippen LogP contribution in [0.2, 0.25) is 0 Å². The highest BCUT2D eigenvalue weighted by molar-refractivity contribution is 5.33. The summed E-state index contributed by atoms with van der Waals surface area (Å²) in [6, 6.07) is 5.26. The Morgan fingerprint density at radius 3 is 2.46 bits per heavy atom.